The lowest BCUT2D eigenvalue weighted by atomic mass is 10.1. The summed E-state index contributed by atoms with van der Waals surface area (Å²) < 4.78 is 2.15. The number of rotatable bonds is 2. The van der Waals surface area contributed by atoms with Crippen molar-refractivity contribution in [2.24, 2.45) is 0 Å². The fraction of sp³-hybridized carbons (Fsp3) is 0.412. The molecule has 2 aliphatic heterocycles. The van der Waals surface area contributed by atoms with Crippen LogP contribution in [0.15, 0.2) is 35.5 Å². The molecule has 0 saturated carbocycles. The molecule has 22 heavy (non-hydrogen) atoms. The Hall–Kier alpha value is -1.75. The van der Waals surface area contributed by atoms with E-state index < -0.39 is 0 Å². The molecule has 2 atom stereocenters. The van der Waals surface area contributed by atoms with Gasteiger partial charge in [-0.2, -0.15) is 0 Å². The summed E-state index contributed by atoms with van der Waals surface area (Å²) in [5.41, 5.74) is 2.56. The predicted octanol–water partition coefficient (Wildman–Crippen LogP) is 2.34. The first kappa shape index (κ1) is 13.9. The van der Waals surface area contributed by atoms with Crippen molar-refractivity contribution >= 4 is 17.7 Å². The van der Waals surface area contributed by atoms with Crippen molar-refractivity contribution in [1.29, 1.82) is 0 Å². The highest BCUT2D eigenvalue weighted by Crippen LogP contribution is 2.37. The number of amides is 1. The fourth-order valence-corrected chi connectivity index (χ4v) is 4.56. The van der Waals surface area contributed by atoms with Gasteiger partial charge in [0, 0.05) is 36.3 Å². The molecule has 5 heteroatoms. The standard InChI is InChI=1S/C17H19N3OS/c1-11-2-3-12-9-15(22-14(12)8-11)17(21)19-13-4-5-16-18-6-7-20(16)10-13/h2-3,6-8,13,15H,4-5,9-10H2,1H3,(H,19,21)/t13-,15-/m1/s1. The van der Waals surface area contributed by atoms with Crippen molar-refractivity contribution in [3.8, 4) is 0 Å². The van der Waals surface area contributed by atoms with Crippen molar-refractivity contribution in [2.45, 2.75) is 48.9 Å². The first-order chi connectivity index (χ1) is 10.7. The van der Waals surface area contributed by atoms with Gasteiger partial charge in [-0.15, -0.1) is 11.8 Å². The molecule has 2 aliphatic rings. The van der Waals surface area contributed by atoms with Crippen LogP contribution in [0.2, 0.25) is 0 Å². The van der Waals surface area contributed by atoms with Gasteiger partial charge in [0.2, 0.25) is 5.91 Å². The van der Waals surface area contributed by atoms with E-state index in [9.17, 15) is 4.79 Å². The van der Waals surface area contributed by atoms with Crippen LogP contribution in [0.1, 0.15) is 23.4 Å². The number of carbonyl (C=O) groups excluding carboxylic acids is 1. The third-order valence-corrected chi connectivity index (χ3v) is 5.77. The molecule has 1 aromatic heterocycles. The summed E-state index contributed by atoms with van der Waals surface area (Å²) in [5.74, 6) is 1.30. The maximum Gasteiger partial charge on any atom is 0.234 e. The van der Waals surface area contributed by atoms with E-state index in [1.54, 1.807) is 11.8 Å². The van der Waals surface area contributed by atoms with Crippen LogP contribution < -0.4 is 5.32 Å². The Balaban J connectivity index is 1.40. The zero-order chi connectivity index (χ0) is 15.1. The molecule has 0 unspecified atom stereocenters. The van der Waals surface area contributed by atoms with Gasteiger partial charge in [0.1, 0.15) is 5.82 Å². The Bertz CT molecular complexity index is 724. The van der Waals surface area contributed by atoms with Crippen LogP contribution in [0.4, 0.5) is 0 Å². The molecule has 0 bridgehead atoms. The molecule has 2 aromatic rings. The van der Waals surface area contributed by atoms with E-state index in [0.717, 1.165) is 31.6 Å². The quantitative estimate of drug-likeness (QED) is 0.926. The van der Waals surface area contributed by atoms with Crippen LogP contribution in [0.5, 0.6) is 0 Å². The number of nitrogens with zero attached hydrogens (tertiary/aromatic N) is 2. The molecule has 1 amide bonds. The van der Waals surface area contributed by atoms with E-state index in [1.807, 2.05) is 12.4 Å². The van der Waals surface area contributed by atoms with Crippen LogP contribution in [-0.4, -0.2) is 26.8 Å². The fourth-order valence-electron chi connectivity index (χ4n) is 3.26. The van der Waals surface area contributed by atoms with Gasteiger partial charge in [-0.25, -0.2) is 4.98 Å². The Morgan fingerprint density at radius 3 is 3.27 bits per heavy atom. The number of aromatic nitrogens is 2. The van der Waals surface area contributed by atoms with E-state index in [0.29, 0.717) is 0 Å². The van der Waals surface area contributed by atoms with Crippen LogP contribution in [0, 0.1) is 6.92 Å². The molecule has 0 aliphatic carbocycles. The van der Waals surface area contributed by atoms with Crippen molar-refractivity contribution in [3.63, 3.8) is 0 Å². The average molecular weight is 313 g/mol. The number of aryl methyl sites for hydroxylation is 2. The topological polar surface area (TPSA) is 46.9 Å². The highest BCUT2D eigenvalue weighted by molar-refractivity contribution is 8.01. The van der Waals surface area contributed by atoms with Gasteiger partial charge in [0.05, 0.1) is 5.25 Å². The molecular formula is C17H19N3OS. The normalized spacial score (nSPS) is 23.0. The number of hydrogen-bond acceptors (Lipinski definition) is 3. The van der Waals surface area contributed by atoms with Crippen LogP contribution in [-0.2, 0) is 24.2 Å². The van der Waals surface area contributed by atoms with Gasteiger partial charge in [0.25, 0.3) is 0 Å². The van der Waals surface area contributed by atoms with Crippen molar-refractivity contribution in [2.75, 3.05) is 0 Å². The molecule has 0 fully saturated rings. The third-order valence-electron chi connectivity index (χ3n) is 4.47. The maximum absolute atomic E-state index is 12.6. The minimum absolute atomic E-state index is 0.0148. The molecule has 4 nitrogen and oxygen atoms in total. The van der Waals surface area contributed by atoms with Gasteiger partial charge in [-0.3, -0.25) is 4.79 Å². The van der Waals surface area contributed by atoms with Crippen molar-refractivity contribution in [1.82, 2.24) is 14.9 Å². The lowest BCUT2D eigenvalue weighted by Crippen LogP contribution is -2.44. The Labute approximate surface area is 134 Å². The number of nitrogens with one attached hydrogen (secondary N) is 1. The lowest BCUT2D eigenvalue weighted by Gasteiger charge is -2.25. The number of imidazole rings is 1. The number of thioether (sulfide) groups is 1. The minimum Gasteiger partial charge on any atom is -0.351 e. The van der Waals surface area contributed by atoms with E-state index >= 15 is 0 Å². The van der Waals surface area contributed by atoms with E-state index in [2.05, 4.69) is 40.0 Å². The second-order valence-corrected chi connectivity index (χ2v) is 7.41. The first-order valence-electron chi connectivity index (χ1n) is 7.75. The van der Waals surface area contributed by atoms with Gasteiger partial charge in [-0.1, -0.05) is 17.7 Å². The van der Waals surface area contributed by atoms with Gasteiger partial charge >= 0.3 is 0 Å². The molecule has 1 N–H and O–H groups in total. The molecule has 0 radical (unpaired) electrons. The maximum atomic E-state index is 12.6. The van der Waals surface area contributed by atoms with E-state index in [-0.39, 0.29) is 17.2 Å². The van der Waals surface area contributed by atoms with Crippen LogP contribution in [0.3, 0.4) is 0 Å². The molecule has 114 valence electrons. The summed E-state index contributed by atoms with van der Waals surface area (Å²) in [7, 11) is 0. The summed E-state index contributed by atoms with van der Waals surface area (Å²) in [5, 5.41) is 3.25. The van der Waals surface area contributed by atoms with Gasteiger partial charge in [-0.05, 0) is 31.4 Å². The second-order valence-electron chi connectivity index (χ2n) is 6.16. The summed E-state index contributed by atoms with van der Waals surface area (Å²) in [4.78, 5) is 18.2. The zero-order valence-electron chi connectivity index (χ0n) is 12.6. The molecular weight excluding hydrogens is 294 g/mol. The lowest BCUT2D eigenvalue weighted by molar-refractivity contribution is -0.121. The second kappa shape index (κ2) is 5.47. The number of carbonyl (C=O) groups is 1. The molecule has 0 spiro atoms. The van der Waals surface area contributed by atoms with Crippen molar-refractivity contribution in [3.05, 3.63) is 47.5 Å². The number of benzene rings is 1. The molecule has 4 rings (SSSR count). The smallest absolute Gasteiger partial charge is 0.234 e. The predicted molar refractivity (Wildman–Crippen MR) is 87.0 cm³/mol. The highest BCUT2D eigenvalue weighted by atomic mass is 32.2. The third kappa shape index (κ3) is 2.54. The van der Waals surface area contributed by atoms with Crippen LogP contribution in [0.25, 0.3) is 0 Å². The summed E-state index contributed by atoms with van der Waals surface area (Å²) in [6, 6.07) is 6.69. The Morgan fingerprint density at radius 1 is 1.45 bits per heavy atom. The zero-order valence-corrected chi connectivity index (χ0v) is 13.4. The SMILES string of the molecule is Cc1ccc2c(c1)S[C@@H](C(=O)N[C@@H]1CCc3nccn3C1)C2. The summed E-state index contributed by atoms with van der Waals surface area (Å²) in [6.07, 6.45) is 6.60. The molecule has 1 aromatic carbocycles. The van der Waals surface area contributed by atoms with Crippen LogP contribution >= 0.6 is 11.8 Å². The average Bonchev–Trinajstić information content (AvgIpc) is 3.12. The highest BCUT2D eigenvalue weighted by Gasteiger charge is 2.30. The number of fused-ring (bicyclic) bond motifs is 2. The Kier molecular flexibility index (Phi) is 3.45. The first-order valence-corrected chi connectivity index (χ1v) is 8.63. The summed E-state index contributed by atoms with van der Waals surface area (Å²) >= 11 is 1.70. The van der Waals surface area contributed by atoms with E-state index in [1.165, 1.54) is 16.0 Å². The van der Waals surface area contributed by atoms with Gasteiger partial charge < -0.3 is 9.88 Å². The largest absolute Gasteiger partial charge is 0.351 e. The summed E-state index contributed by atoms with van der Waals surface area (Å²) in [6.45, 7) is 2.93. The van der Waals surface area contributed by atoms with Gasteiger partial charge in [0.15, 0.2) is 0 Å². The van der Waals surface area contributed by atoms with Crippen molar-refractivity contribution < 1.29 is 4.79 Å². The van der Waals surface area contributed by atoms with E-state index in [4.69, 9.17) is 0 Å². The monoisotopic (exact) mass is 313 g/mol. The molecule has 3 heterocycles. The Morgan fingerprint density at radius 2 is 2.36 bits per heavy atom. The number of hydrogen-bond donors (Lipinski definition) is 1. The molecule has 0 saturated heterocycles. The minimum atomic E-state index is 0.0148.